The van der Waals surface area contributed by atoms with E-state index in [-0.39, 0.29) is 6.04 Å². The minimum atomic E-state index is -3.65. The number of hydrogen-bond donors (Lipinski definition) is 0. The van der Waals surface area contributed by atoms with Gasteiger partial charge in [0.05, 0.1) is 18.6 Å². The van der Waals surface area contributed by atoms with Crippen molar-refractivity contribution in [1.82, 2.24) is 4.90 Å². The maximum absolute atomic E-state index is 12.0. The van der Waals surface area contributed by atoms with Crippen molar-refractivity contribution in [2.24, 2.45) is 0 Å². The van der Waals surface area contributed by atoms with Gasteiger partial charge in [0.15, 0.2) is 0 Å². The Morgan fingerprint density at radius 1 is 1.37 bits per heavy atom. The number of carbonyl (C=O) groups excluding carboxylic acids is 1. The molecule has 7 heteroatoms. The summed E-state index contributed by atoms with van der Waals surface area (Å²) in [6.07, 6.45) is 2.58. The van der Waals surface area contributed by atoms with Gasteiger partial charge in [0.1, 0.15) is 5.60 Å². The van der Waals surface area contributed by atoms with Gasteiger partial charge in [0.2, 0.25) is 0 Å². The molecule has 0 aromatic carbocycles. The summed E-state index contributed by atoms with van der Waals surface area (Å²) in [6.45, 7) is 5.94. The number of hydrogen-bond acceptors (Lipinski definition) is 5. The van der Waals surface area contributed by atoms with Gasteiger partial charge in [-0.15, -0.1) is 0 Å². The van der Waals surface area contributed by atoms with Crippen molar-refractivity contribution < 1.29 is 22.1 Å². The Morgan fingerprint density at radius 2 is 2.00 bits per heavy atom. The predicted octanol–water partition coefficient (Wildman–Crippen LogP) is 1.88. The van der Waals surface area contributed by atoms with Crippen molar-refractivity contribution in [3.05, 3.63) is 11.5 Å². The van der Waals surface area contributed by atoms with Gasteiger partial charge in [-0.05, 0) is 39.7 Å². The van der Waals surface area contributed by atoms with Crippen LogP contribution >= 0.6 is 0 Å². The minimum absolute atomic E-state index is 0.264. The molecule has 0 bridgehead atoms. The maximum Gasteiger partial charge on any atom is 0.410 e. The standard InChI is InChI=1S/C12H21NO5S/c1-12(2,3)18-11(14)13-8-5-6-10(13)7-9-19(15,16)17-4/h7,9-10H,5-6,8H2,1-4H3/b9-7+/t10-/m1/s1. The van der Waals surface area contributed by atoms with Crippen LogP contribution in [0.5, 0.6) is 0 Å². The van der Waals surface area contributed by atoms with Gasteiger partial charge in [-0.2, -0.15) is 8.42 Å². The first kappa shape index (κ1) is 16.0. The second kappa shape index (κ2) is 5.92. The van der Waals surface area contributed by atoms with E-state index in [0.29, 0.717) is 6.54 Å². The number of likely N-dealkylation sites (tertiary alicyclic amines) is 1. The third-order valence-corrected chi connectivity index (χ3v) is 3.58. The molecule has 19 heavy (non-hydrogen) atoms. The smallest absolute Gasteiger partial charge is 0.410 e. The fourth-order valence-electron chi connectivity index (χ4n) is 1.78. The van der Waals surface area contributed by atoms with Crippen molar-refractivity contribution in [3.63, 3.8) is 0 Å². The lowest BCUT2D eigenvalue weighted by molar-refractivity contribution is 0.0256. The fourth-order valence-corrected chi connectivity index (χ4v) is 2.27. The molecule has 1 atom stereocenters. The molecular weight excluding hydrogens is 270 g/mol. The molecule has 1 aliphatic heterocycles. The van der Waals surface area contributed by atoms with Gasteiger partial charge in [-0.1, -0.05) is 0 Å². The van der Waals surface area contributed by atoms with Gasteiger partial charge in [-0.25, -0.2) is 4.79 Å². The summed E-state index contributed by atoms with van der Waals surface area (Å²) < 4.78 is 32.0. The van der Waals surface area contributed by atoms with Crippen LogP contribution in [0.1, 0.15) is 33.6 Å². The SMILES string of the molecule is COS(=O)(=O)/C=C/[C@H]1CCCN1C(=O)OC(C)(C)C. The molecule has 0 aromatic rings. The van der Waals surface area contributed by atoms with E-state index < -0.39 is 21.8 Å². The zero-order chi connectivity index (χ0) is 14.7. The minimum Gasteiger partial charge on any atom is -0.444 e. The molecule has 0 N–H and O–H groups in total. The largest absolute Gasteiger partial charge is 0.444 e. The van der Waals surface area contributed by atoms with Crippen LogP contribution in [0.25, 0.3) is 0 Å². The Bertz CT molecular complexity index is 449. The molecule has 6 nitrogen and oxygen atoms in total. The number of ether oxygens (including phenoxy) is 1. The summed E-state index contributed by atoms with van der Waals surface area (Å²) in [6, 6.07) is -0.264. The van der Waals surface area contributed by atoms with E-state index in [1.807, 2.05) is 0 Å². The first-order valence-corrected chi connectivity index (χ1v) is 7.60. The lowest BCUT2D eigenvalue weighted by atomic mass is 10.2. The quantitative estimate of drug-likeness (QED) is 0.742. The van der Waals surface area contributed by atoms with Crippen molar-refractivity contribution in [1.29, 1.82) is 0 Å². The third kappa shape index (κ3) is 5.20. The van der Waals surface area contributed by atoms with Crippen LogP contribution in [0, 0.1) is 0 Å². The van der Waals surface area contributed by atoms with Crippen LogP contribution < -0.4 is 0 Å². The zero-order valence-corrected chi connectivity index (χ0v) is 12.6. The molecule has 110 valence electrons. The molecule has 1 fully saturated rings. The van der Waals surface area contributed by atoms with Crippen LogP contribution in [-0.2, 0) is 19.0 Å². The first-order chi connectivity index (χ1) is 8.64. The zero-order valence-electron chi connectivity index (χ0n) is 11.8. The highest BCUT2D eigenvalue weighted by Crippen LogP contribution is 2.22. The predicted molar refractivity (Wildman–Crippen MR) is 71.0 cm³/mol. The van der Waals surface area contributed by atoms with Crippen molar-refractivity contribution in [3.8, 4) is 0 Å². The van der Waals surface area contributed by atoms with Crippen molar-refractivity contribution >= 4 is 16.2 Å². The van der Waals surface area contributed by atoms with Crippen LogP contribution in [0.3, 0.4) is 0 Å². The van der Waals surface area contributed by atoms with E-state index in [0.717, 1.165) is 25.4 Å². The van der Waals surface area contributed by atoms with Crippen LogP contribution in [0.15, 0.2) is 11.5 Å². The molecule has 1 rings (SSSR count). The highest BCUT2D eigenvalue weighted by Gasteiger charge is 2.30. The maximum atomic E-state index is 12.0. The number of nitrogens with zero attached hydrogens (tertiary/aromatic N) is 1. The topological polar surface area (TPSA) is 72.9 Å². The average Bonchev–Trinajstić information content (AvgIpc) is 2.72. The van der Waals surface area contributed by atoms with Crippen LogP contribution in [0.4, 0.5) is 4.79 Å². The summed E-state index contributed by atoms with van der Waals surface area (Å²) in [5.74, 6) is 0. The lowest BCUT2D eigenvalue weighted by Crippen LogP contribution is -2.39. The van der Waals surface area contributed by atoms with Crippen LogP contribution in [-0.4, -0.2) is 44.7 Å². The van der Waals surface area contributed by atoms with Gasteiger partial charge in [0.25, 0.3) is 10.1 Å². The van der Waals surface area contributed by atoms with E-state index in [4.69, 9.17) is 4.74 Å². The van der Waals surface area contributed by atoms with Crippen molar-refractivity contribution in [2.45, 2.75) is 45.3 Å². The molecule has 1 saturated heterocycles. The first-order valence-electron chi connectivity index (χ1n) is 6.13. The van der Waals surface area contributed by atoms with E-state index in [1.54, 1.807) is 20.8 Å². The molecule has 0 aromatic heterocycles. The average molecular weight is 291 g/mol. The summed E-state index contributed by atoms with van der Waals surface area (Å²) in [7, 11) is -2.55. The van der Waals surface area contributed by atoms with Gasteiger partial charge in [-0.3, -0.25) is 4.18 Å². The number of amides is 1. The number of rotatable bonds is 3. The Kier molecular flexibility index (Phi) is 4.98. The van der Waals surface area contributed by atoms with Gasteiger partial charge >= 0.3 is 6.09 Å². The molecule has 0 spiro atoms. The van der Waals surface area contributed by atoms with Crippen LogP contribution in [0.2, 0.25) is 0 Å². The third-order valence-electron chi connectivity index (χ3n) is 2.63. The number of carbonyl (C=O) groups is 1. The Hall–Kier alpha value is -1.08. The summed E-state index contributed by atoms with van der Waals surface area (Å²) in [5, 5.41) is 0.986. The highest BCUT2D eigenvalue weighted by atomic mass is 32.2. The Labute approximate surface area is 114 Å². The molecule has 0 saturated carbocycles. The van der Waals surface area contributed by atoms with E-state index in [1.165, 1.54) is 11.0 Å². The Balaban J connectivity index is 2.72. The Morgan fingerprint density at radius 3 is 2.53 bits per heavy atom. The molecule has 1 heterocycles. The summed E-state index contributed by atoms with van der Waals surface area (Å²) in [4.78, 5) is 13.5. The molecule has 0 aliphatic carbocycles. The second-order valence-corrected chi connectivity index (χ2v) is 6.96. The molecule has 1 aliphatic rings. The van der Waals surface area contributed by atoms with E-state index in [9.17, 15) is 13.2 Å². The van der Waals surface area contributed by atoms with Gasteiger partial charge < -0.3 is 9.64 Å². The lowest BCUT2D eigenvalue weighted by Gasteiger charge is -2.27. The molecule has 1 amide bonds. The molecule has 0 radical (unpaired) electrons. The monoisotopic (exact) mass is 291 g/mol. The van der Waals surface area contributed by atoms with E-state index in [2.05, 4.69) is 4.18 Å². The molecular formula is C12H21NO5S. The molecule has 0 unspecified atom stereocenters. The highest BCUT2D eigenvalue weighted by molar-refractivity contribution is 7.89. The fraction of sp³-hybridized carbons (Fsp3) is 0.750. The van der Waals surface area contributed by atoms with E-state index >= 15 is 0 Å². The second-order valence-electron chi connectivity index (χ2n) is 5.37. The normalized spacial score (nSPS) is 21.1. The van der Waals surface area contributed by atoms with Crippen molar-refractivity contribution in [2.75, 3.05) is 13.7 Å². The summed E-state index contributed by atoms with van der Waals surface area (Å²) in [5.41, 5.74) is -0.563. The summed E-state index contributed by atoms with van der Waals surface area (Å²) >= 11 is 0. The van der Waals surface area contributed by atoms with Gasteiger partial charge in [0, 0.05) is 6.54 Å².